The monoisotopic (exact) mass is 1300 g/mol. The Kier molecular flexibility index (Phi) is 49.5. The molecule has 0 aromatic carbocycles. The van der Waals surface area contributed by atoms with E-state index in [0.29, 0.717) is 0 Å². The van der Waals surface area contributed by atoms with Crippen molar-refractivity contribution in [3.63, 3.8) is 0 Å². The number of carbonyl (C=O) groups is 4. The van der Waals surface area contributed by atoms with Crippen molar-refractivity contribution < 1.29 is 76.0 Å². The summed E-state index contributed by atoms with van der Waals surface area (Å²) in [6, 6.07) is 0. The summed E-state index contributed by atoms with van der Waals surface area (Å²) < 4.78 is 68.5. The van der Waals surface area contributed by atoms with E-state index in [1.165, 1.54) is 47.0 Å². The van der Waals surface area contributed by atoms with Gasteiger partial charge in [0.15, 0.2) is 0 Å². The van der Waals surface area contributed by atoms with Crippen molar-refractivity contribution in [1.82, 2.24) is 21.3 Å². The Morgan fingerprint density at radius 3 is 0.483 bits per heavy atom. The predicted molar refractivity (Wildman–Crippen MR) is 351 cm³/mol. The van der Waals surface area contributed by atoms with E-state index in [9.17, 15) is 19.2 Å². The molecule has 0 saturated carbocycles. The van der Waals surface area contributed by atoms with Gasteiger partial charge in [0.1, 0.15) is 101 Å². The average molecular weight is 1300 g/mol. The highest BCUT2D eigenvalue weighted by Crippen LogP contribution is 2.36. The van der Waals surface area contributed by atoms with Gasteiger partial charge < -0.3 is 78.1 Å². The van der Waals surface area contributed by atoms with E-state index < -0.39 is 51.2 Å². The van der Waals surface area contributed by atoms with Gasteiger partial charge in [-0.15, -0.1) is 77.1 Å². The van der Waals surface area contributed by atoms with E-state index in [2.05, 4.69) is 92.3 Å². The van der Waals surface area contributed by atoms with Crippen LogP contribution in [0, 0.1) is 154 Å². The number of thioether (sulfide) groups is 4. The number of hydrogen-bond acceptors (Lipinski definition) is 20. The number of ether oxygens (including phenoxy) is 12. The van der Waals surface area contributed by atoms with Crippen LogP contribution in [0.5, 0.6) is 0 Å². The standard InChI is InChI=1S/C65H80N4O16S4/c1-13-25-74-41-62(42-75-26-14-2,43-76-27-15-3)66-57(70)37-86-53-61(54-87-38-58(71)67-63(44-77-28-16-4,45-78-29-17-5)46-79-30-18-6,55-88-39-59(72)68-64(47-80-31-19-7,48-81-32-20-8)49-82-33-21-9)56-89-40-60(73)69-65(50-83-34-22-10,51-84-35-23-11)52-85-36-24-12/h1-12H,25-56H2,(H,66,70)(H,67,71)(H,68,72)(H,69,73). The number of nitrogens with one attached hydrogen (secondary N) is 4. The van der Waals surface area contributed by atoms with Crippen LogP contribution in [0.4, 0.5) is 0 Å². The number of carbonyl (C=O) groups excluding carboxylic acids is 4. The van der Waals surface area contributed by atoms with Crippen LogP contribution in [0.3, 0.4) is 0 Å². The lowest BCUT2D eigenvalue weighted by molar-refractivity contribution is -0.125. The molecule has 0 spiro atoms. The first-order valence-corrected chi connectivity index (χ1v) is 31.5. The fourth-order valence-corrected chi connectivity index (χ4v) is 12.8. The molecule has 0 rings (SSSR count). The molecule has 4 N–H and O–H groups in total. The van der Waals surface area contributed by atoms with Gasteiger partial charge in [-0.3, -0.25) is 19.2 Å². The summed E-state index contributed by atoms with van der Waals surface area (Å²) in [6.45, 7) is -2.86. The molecule has 4 amide bonds. The summed E-state index contributed by atoms with van der Waals surface area (Å²) in [7, 11) is 0. The Balaban J connectivity index is 7.86. The fraction of sp³-hybridized carbons (Fsp3) is 0.569. The van der Waals surface area contributed by atoms with Crippen molar-refractivity contribution in [3.05, 3.63) is 0 Å². The molecule has 0 aromatic heterocycles. The lowest BCUT2D eigenvalue weighted by atomic mass is 9.99. The quantitative estimate of drug-likeness (QED) is 0.0469. The van der Waals surface area contributed by atoms with Crippen LogP contribution in [0.15, 0.2) is 0 Å². The van der Waals surface area contributed by atoms with Crippen LogP contribution in [0.1, 0.15) is 0 Å². The molecule has 480 valence electrons. The summed E-state index contributed by atoms with van der Waals surface area (Å²) >= 11 is 4.94. The Morgan fingerprint density at radius 2 is 0.371 bits per heavy atom. The van der Waals surface area contributed by atoms with Gasteiger partial charge in [-0.1, -0.05) is 71.0 Å². The minimum Gasteiger partial charge on any atom is -0.366 e. The molecule has 0 heterocycles. The molecular formula is C65H80N4O16S4. The number of terminal acetylenes is 12. The molecule has 24 heteroatoms. The van der Waals surface area contributed by atoms with Gasteiger partial charge in [0, 0.05) is 28.4 Å². The van der Waals surface area contributed by atoms with Gasteiger partial charge in [-0.25, -0.2) is 0 Å². The van der Waals surface area contributed by atoms with Crippen LogP contribution in [-0.4, -0.2) is 250 Å². The van der Waals surface area contributed by atoms with Crippen LogP contribution >= 0.6 is 47.0 Å². The van der Waals surface area contributed by atoms with Crippen LogP contribution in [0.25, 0.3) is 0 Å². The summed E-state index contributed by atoms with van der Waals surface area (Å²) in [5.41, 5.74) is -6.13. The second-order valence-electron chi connectivity index (χ2n) is 19.1. The third kappa shape index (κ3) is 40.0. The highest BCUT2D eigenvalue weighted by molar-refractivity contribution is 8.02. The maximum Gasteiger partial charge on any atom is 0.230 e. The second-order valence-corrected chi connectivity index (χ2v) is 23.1. The summed E-state index contributed by atoms with van der Waals surface area (Å²) in [4.78, 5) is 56.9. The summed E-state index contributed by atoms with van der Waals surface area (Å²) in [5, 5.41) is 12.0. The van der Waals surface area contributed by atoms with E-state index in [0.717, 1.165) is 0 Å². The SMILES string of the molecule is C#CCOCC(COCC#C)(COCC#C)NC(=O)CSCC(CSCC(=O)NC(COCC#C)(COCC#C)COCC#C)(CSCC(=O)NC(COCC#C)(COCC#C)COCC#C)CSCC(=O)NC(COCC#C)(COCC#C)COCC#C. The lowest BCUT2D eigenvalue weighted by Crippen LogP contribution is -2.59. The Bertz CT molecular complexity index is 2070. The molecular weight excluding hydrogens is 1220 g/mol. The minimum absolute atomic E-state index is 0.0981. The highest BCUT2D eigenvalue weighted by Gasteiger charge is 2.39. The predicted octanol–water partition coefficient (Wildman–Crippen LogP) is 0.123. The number of amides is 4. The molecule has 0 aliphatic rings. The third-order valence-corrected chi connectivity index (χ3v) is 16.1. The molecule has 20 nitrogen and oxygen atoms in total. The zero-order valence-corrected chi connectivity index (χ0v) is 53.5. The van der Waals surface area contributed by atoms with Crippen LogP contribution < -0.4 is 21.3 Å². The normalized spacial score (nSPS) is 11.1. The highest BCUT2D eigenvalue weighted by atomic mass is 32.2. The topological polar surface area (TPSA) is 227 Å². The molecule has 89 heavy (non-hydrogen) atoms. The maximum atomic E-state index is 14.2. The molecule has 0 bridgehead atoms. The van der Waals surface area contributed by atoms with E-state index in [4.69, 9.17) is 134 Å². The first kappa shape index (κ1) is 82.5. The van der Waals surface area contributed by atoms with Gasteiger partial charge in [0.05, 0.1) is 102 Å². The summed E-state index contributed by atoms with van der Waals surface area (Å²) in [6.07, 6.45) is 65.9. The molecule has 0 aliphatic carbocycles. The third-order valence-electron chi connectivity index (χ3n) is 10.9. The van der Waals surface area contributed by atoms with E-state index >= 15 is 0 Å². The molecule has 0 radical (unpaired) electrons. The smallest absolute Gasteiger partial charge is 0.230 e. The number of rotatable bonds is 56. The van der Waals surface area contributed by atoms with E-state index in [1.807, 2.05) is 0 Å². The van der Waals surface area contributed by atoms with Crippen LogP contribution in [0.2, 0.25) is 0 Å². The van der Waals surface area contributed by atoms with Gasteiger partial charge in [-0.2, -0.15) is 47.0 Å². The number of hydrogen-bond donors (Lipinski definition) is 4. The van der Waals surface area contributed by atoms with Gasteiger partial charge in [-0.05, 0) is 0 Å². The molecule has 0 saturated heterocycles. The average Bonchev–Trinajstić information content (AvgIpc) is 2.70. The molecule has 0 aliphatic heterocycles. The van der Waals surface area contributed by atoms with Gasteiger partial charge >= 0.3 is 0 Å². The van der Waals surface area contributed by atoms with Crippen molar-refractivity contribution in [2.45, 2.75) is 22.2 Å². The zero-order valence-electron chi connectivity index (χ0n) is 50.2. The van der Waals surface area contributed by atoms with Crippen molar-refractivity contribution in [1.29, 1.82) is 0 Å². The van der Waals surface area contributed by atoms with Crippen molar-refractivity contribution in [2.75, 3.05) is 205 Å². The minimum atomic E-state index is -1.30. The maximum absolute atomic E-state index is 14.2. The van der Waals surface area contributed by atoms with Gasteiger partial charge in [0.2, 0.25) is 23.6 Å². The first-order chi connectivity index (χ1) is 43.1. The Hall–Kier alpha value is -6.48. The van der Waals surface area contributed by atoms with E-state index in [1.54, 1.807) is 0 Å². The Morgan fingerprint density at radius 1 is 0.247 bits per heavy atom. The molecule has 0 fully saturated rings. The van der Waals surface area contributed by atoms with Crippen molar-refractivity contribution in [2.24, 2.45) is 5.41 Å². The fourth-order valence-electron chi connectivity index (χ4n) is 7.62. The van der Waals surface area contributed by atoms with Crippen molar-refractivity contribution >= 4 is 70.7 Å². The zero-order chi connectivity index (χ0) is 66.1. The largest absolute Gasteiger partial charge is 0.366 e. The van der Waals surface area contributed by atoms with E-state index in [-0.39, 0.29) is 205 Å². The molecule has 0 aromatic rings. The molecule has 0 atom stereocenters. The first-order valence-electron chi connectivity index (χ1n) is 26.8. The summed E-state index contributed by atoms with van der Waals surface area (Å²) in [5.74, 6) is 27.0. The van der Waals surface area contributed by atoms with Gasteiger partial charge in [0.25, 0.3) is 0 Å². The Labute approximate surface area is 545 Å². The molecule has 0 unspecified atom stereocenters. The lowest BCUT2D eigenvalue weighted by Gasteiger charge is -2.36. The second kappa shape index (κ2) is 53.4. The van der Waals surface area contributed by atoms with Crippen molar-refractivity contribution in [3.8, 4) is 148 Å². The van der Waals surface area contributed by atoms with Crippen LogP contribution in [-0.2, 0) is 76.0 Å².